The normalized spacial score (nSPS) is 20.8. The van der Waals surface area contributed by atoms with Crippen LogP contribution < -0.4 is 0 Å². The Labute approximate surface area is 285 Å². The molecule has 5 atom stereocenters. The van der Waals surface area contributed by atoms with Gasteiger partial charge < -0.3 is 14.0 Å². The first-order chi connectivity index (χ1) is 20.2. The van der Waals surface area contributed by atoms with Gasteiger partial charge in [0.2, 0.25) is 0 Å². The Bertz CT molecular complexity index is 1210. The van der Waals surface area contributed by atoms with Gasteiger partial charge in [-0.25, -0.2) is 4.98 Å². The number of aromatic nitrogens is 1. The van der Waals surface area contributed by atoms with Crippen molar-refractivity contribution < 1.29 is 23.6 Å². The molecule has 246 valence electrons. The van der Waals surface area contributed by atoms with Gasteiger partial charge in [-0.15, -0.1) is 11.3 Å². The molecule has 0 spiro atoms. The summed E-state index contributed by atoms with van der Waals surface area (Å²) in [5.41, 5.74) is 0.423. The molecule has 0 N–H and O–H groups in total. The van der Waals surface area contributed by atoms with Gasteiger partial charge in [0.05, 0.1) is 21.9 Å². The van der Waals surface area contributed by atoms with E-state index in [1.165, 1.54) is 0 Å². The smallest absolute Gasteiger partial charge is 0.457 e. The van der Waals surface area contributed by atoms with E-state index in [-0.39, 0.29) is 66.3 Å². The molecular formula is C35H55BINO5S. The van der Waals surface area contributed by atoms with Gasteiger partial charge in [0, 0.05) is 29.6 Å². The number of ether oxygens (including phenoxy) is 1. The summed E-state index contributed by atoms with van der Waals surface area (Å²) >= 11 is 3.87. The highest BCUT2D eigenvalue weighted by Gasteiger charge is 2.50. The lowest BCUT2D eigenvalue weighted by molar-refractivity contribution is -0.150. The molecule has 1 aliphatic heterocycles. The zero-order valence-corrected chi connectivity index (χ0v) is 32.2. The van der Waals surface area contributed by atoms with Crippen molar-refractivity contribution in [1.82, 2.24) is 4.98 Å². The predicted octanol–water partition coefficient (Wildman–Crippen LogP) is 9.60. The zero-order chi connectivity index (χ0) is 33.6. The minimum atomic E-state index is -0.678. The van der Waals surface area contributed by atoms with Gasteiger partial charge in [0.15, 0.2) is 0 Å². The molecule has 0 radical (unpaired) electrons. The average molecular weight is 740 g/mol. The number of carbonyl (C=O) groups is 2. The Balaban J connectivity index is 2.01. The van der Waals surface area contributed by atoms with Crippen LogP contribution in [-0.2, 0) is 23.6 Å². The molecular weight excluding hydrogens is 684 g/mol. The number of Topliss-reactive ketones (excluding diaryl/α,β-unsaturated/α-hetero) is 1. The van der Waals surface area contributed by atoms with E-state index in [2.05, 4.69) is 53.6 Å². The number of aryl methyl sites for hydroxylation is 1. The largest absolute Gasteiger partial charge is 0.486 e. The van der Waals surface area contributed by atoms with Crippen molar-refractivity contribution >= 4 is 58.9 Å². The van der Waals surface area contributed by atoms with E-state index >= 15 is 0 Å². The highest BCUT2D eigenvalue weighted by atomic mass is 127. The Kier molecular flexibility index (Phi) is 14.1. The number of thiazole rings is 1. The van der Waals surface area contributed by atoms with Crippen molar-refractivity contribution in [1.29, 1.82) is 0 Å². The summed E-state index contributed by atoms with van der Waals surface area (Å²) in [4.78, 5) is 31.6. The minimum Gasteiger partial charge on any atom is -0.457 e. The van der Waals surface area contributed by atoms with E-state index in [0.717, 1.165) is 26.3 Å². The quantitative estimate of drug-likeness (QED) is 0.101. The third-order valence-corrected chi connectivity index (χ3v) is 11.2. The maximum atomic E-state index is 13.8. The van der Waals surface area contributed by atoms with Crippen LogP contribution in [-0.4, -0.2) is 41.2 Å². The number of carbonyl (C=O) groups excluding carboxylic acids is 2. The Hall–Kier alpha value is -1.30. The predicted molar refractivity (Wildman–Crippen MR) is 193 cm³/mol. The Morgan fingerprint density at radius 2 is 1.68 bits per heavy atom. The van der Waals surface area contributed by atoms with E-state index in [4.69, 9.17) is 14.0 Å². The second-order valence-electron chi connectivity index (χ2n) is 14.3. The van der Waals surface area contributed by atoms with E-state index in [9.17, 15) is 9.59 Å². The molecule has 0 unspecified atom stereocenters. The van der Waals surface area contributed by atoms with Crippen LogP contribution in [0.15, 0.2) is 32.7 Å². The minimum absolute atomic E-state index is 0.153. The van der Waals surface area contributed by atoms with E-state index < -0.39 is 5.41 Å². The lowest BCUT2D eigenvalue weighted by Crippen LogP contribution is -2.41. The highest BCUT2D eigenvalue weighted by Crippen LogP contribution is 2.39. The number of ketones is 1. The average Bonchev–Trinajstić information content (AvgIpc) is 3.41. The summed E-state index contributed by atoms with van der Waals surface area (Å²) in [6.07, 6.45) is 7.39. The number of allylic oxidation sites excluding steroid dienone is 2. The first-order valence-corrected chi connectivity index (χ1v) is 17.8. The highest BCUT2D eigenvalue weighted by molar-refractivity contribution is 14.1. The molecule has 1 saturated heterocycles. The van der Waals surface area contributed by atoms with Gasteiger partial charge in [0.1, 0.15) is 11.9 Å². The van der Waals surface area contributed by atoms with Crippen LogP contribution in [0.5, 0.6) is 0 Å². The fourth-order valence-corrected chi connectivity index (χ4v) is 6.05. The molecule has 44 heavy (non-hydrogen) atoms. The third-order valence-electron chi connectivity index (χ3n) is 9.92. The SMILES string of the molecule is C/C(I)=C/C[C@H](OC(=O)C[C@H](C)C(C)(C)C(=O)[C@H](C)[C@@H](C)[C@@H](C)C/C=C/B1OC(C)(C)C(C)(C)O1)/C(C)=C/c1csc(C)n1. The fraction of sp³-hybridized carbons (Fsp3) is 0.686. The lowest BCUT2D eigenvalue weighted by Gasteiger charge is -2.35. The molecule has 0 aromatic carbocycles. The van der Waals surface area contributed by atoms with E-state index in [0.29, 0.717) is 6.42 Å². The van der Waals surface area contributed by atoms with Gasteiger partial charge >= 0.3 is 13.1 Å². The van der Waals surface area contributed by atoms with Crippen LogP contribution in [0.2, 0.25) is 0 Å². The molecule has 1 aliphatic rings. The molecule has 1 fully saturated rings. The van der Waals surface area contributed by atoms with Gasteiger partial charge in [-0.3, -0.25) is 9.59 Å². The van der Waals surface area contributed by atoms with Crippen LogP contribution in [0.3, 0.4) is 0 Å². The van der Waals surface area contributed by atoms with Crippen LogP contribution in [0.1, 0.15) is 113 Å². The van der Waals surface area contributed by atoms with Crippen molar-refractivity contribution in [2.24, 2.45) is 29.1 Å². The molecule has 1 aromatic heterocycles. The molecule has 0 saturated carbocycles. The zero-order valence-electron chi connectivity index (χ0n) is 29.2. The van der Waals surface area contributed by atoms with Crippen molar-refractivity contribution in [2.45, 2.75) is 127 Å². The van der Waals surface area contributed by atoms with Gasteiger partial charge in [-0.05, 0) is 110 Å². The lowest BCUT2D eigenvalue weighted by atomic mass is 9.67. The number of halogens is 1. The summed E-state index contributed by atoms with van der Waals surface area (Å²) < 4.78 is 19.3. The van der Waals surface area contributed by atoms with Crippen LogP contribution >= 0.6 is 33.9 Å². The van der Waals surface area contributed by atoms with Crippen molar-refractivity contribution in [3.63, 3.8) is 0 Å². The molecule has 2 heterocycles. The summed E-state index contributed by atoms with van der Waals surface area (Å²) in [6, 6.07) is 0. The summed E-state index contributed by atoms with van der Waals surface area (Å²) in [5.74, 6) is 2.01. The molecule has 6 nitrogen and oxygen atoms in total. The molecule has 9 heteroatoms. The number of esters is 1. The van der Waals surface area contributed by atoms with Gasteiger partial charge in [-0.2, -0.15) is 0 Å². The molecule has 1 aromatic rings. The second kappa shape index (κ2) is 16.0. The monoisotopic (exact) mass is 739 g/mol. The first kappa shape index (κ1) is 38.9. The van der Waals surface area contributed by atoms with Crippen LogP contribution in [0, 0.1) is 36.0 Å². The van der Waals surface area contributed by atoms with Crippen LogP contribution in [0.25, 0.3) is 6.08 Å². The molecule has 0 aliphatic carbocycles. The number of hydrogen-bond acceptors (Lipinski definition) is 7. The third kappa shape index (κ3) is 10.6. The van der Waals surface area contributed by atoms with Gasteiger partial charge in [-0.1, -0.05) is 59.7 Å². The number of nitrogens with zero attached hydrogens (tertiary/aromatic N) is 1. The first-order valence-electron chi connectivity index (χ1n) is 15.9. The van der Waals surface area contributed by atoms with E-state index in [1.54, 1.807) is 11.3 Å². The van der Waals surface area contributed by atoms with E-state index in [1.807, 2.05) is 93.6 Å². The number of hydrogen-bond donors (Lipinski definition) is 0. The standard InChI is InChI=1S/C35H55BINO5S/c1-22(15-14-18-36-42-34(10,11)35(12,13)43-36)26(5)27(6)32(40)33(8,9)24(3)20-31(39)41-30(17-16-25(4)37)23(2)19-29-21-44-28(7)38-29/h14,16,18-19,21-22,24,26-27,30H,15,17,20H2,1-13H3/b18-14+,23-19+,25-16-/t22-,24-,26-,27+,30-/m0/s1. The summed E-state index contributed by atoms with van der Waals surface area (Å²) in [6.45, 7) is 26.5. The van der Waals surface area contributed by atoms with Crippen LogP contribution in [0.4, 0.5) is 0 Å². The molecule has 2 rings (SSSR count). The summed E-state index contributed by atoms with van der Waals surface area (Å²) in [7, 11) is -0.363. The fourth-order valence-electron chi connectivity index (χ4n) is 5.23. The molecule has 0 bridgehead atoms. The number of rotatable bonds is 15. The summed E-state index contributed by atoms with van der Waals surface area (Å²) in [5, 5.41) is 3.00. The van der Waals surface area contributed by atoms with Gasteiger partial charge in [0.25, 0.3) is 0 Å². The van der Waals surface area contributed by atoms with Crippen molar-refractivity contribution in [3.8, 4) is 0 Å². The van der Waals surface area contributed by atoms with Crippen molar-refractivity contribution in [2.75, 3.05) is 0 Å². The maximum Gasteiger partial charge on any atom is 0.486 e. The van der Waals surface area contributed by atoms with Crippen molar-refractivity contribution in [3.05, 3.63) is 43.4 Å². The topological polar surface area (TPSA) is 74.7 Å². The Morgan fingerprint density at radius 1 is 1.09 bits per heavy atom. The maximum absolute atomic E-state index is 13.8. The second-order valence-corrected chi connectivity index (χ2v) is 17.1. The molecule has 0 amide bonds. The Morgan fingerprint density at radius 3 is 2.20 bits per heavy atom.